The van der Waals surface area contributed by atoms with Gasteiger partial charge in [0.05, 0.1) is 6.10 Å². The van der Waals surface area contributed by atoms with Crippen molar-refractivity contribution in [3.63, 3.8) is 0 Å². The molecule has 1 atom stereocenters. The van der Waals surface area contributed by atoms with Crippen molar-refractivity contribution in [1.82, 2.24) is 9.97 Å². The minimum Gasteiger partial charge on any atom is -0.391 e. The van der Waals surface area contributed by atoms with Gasteiger partial charge in [0.1, 0.15) is 0 Å². The summed E-state index contributed by atoms with van der Waals surface area (Å²) in [4.78, 5) is 8.79. The summed E-state index contributed by atoms with van der Waals surface area (Å²) in [5.41, 5.74) is 2.01. The zero-order valence-corrected chi connectivity index (χ0v) is 10.8. The molecule has 94 valence electrons. The SMILES string of the molecule is Cc1cc(C(C)C)nc(NCC(O)C2CC2)n1. The summed E-state index contributed by atoms with van der Waals surface area (Å²) in [5, 5.41) is 12.9. The highest BCUT2D eigenvalue weighted by Gasteiger charge is 2.29. The average Bonchev–Trinajstić information content (AvgIpc) is 3.08. The van der Waals surface area contributed by atoms with E-state index in [9.17, 15) is 5.11 Å². The number of aryl methyl sites for hydroxylation is 1. The van der Waals surface area contributed by atoms with Crippen LogP contribution in [0.1, 0.15) is 44.0 Å². The first-order valence-corrected chi connectivity index (χ1v) is 6.33. The maximum Gasteiger partial charge on any atom is 0.223 e. The van der Waals surface area contributed by atoms with Gasteiger partial charge in [0.25, 0.3) is 0 Å². The van der Waals surface area contributed by atoms with Crippen molar-refractivity contribution in [3.8, 4) is 0 Å². The molecule has 0 saturated heterocycles. The lowest BCUT2D eigenvalue weighted by molar-refractivity contribution is 0.164. The molecule has 0 radical (unpaired) electrons. The van der Waals surface area contributed by atoms with Crippen LogP contribution in [0, 0.1) is 12.8 Å². The largest absolute Gasteiger partial charge is 0.391 e. The molecular formula is C13H21N3O. The van der Waals surface area contributed by atoms with Crippen molar-refractivity contribution in [3.05, 3.63) is 17.5 Å². The minimum atomic E-state index is -0.262. The Kier molecular flexibility index (Phi) is 3.62. The van der Waals surface area contributed by atoms with E-state index in [0.717, 1.165) is 24.2 Å². The molecule has 1 heterocycles. The molecule has 4 nitrogen and oxygen atoms in total. The summed E-state index contributed by atoms with van der Waals surface area (Å²) < 4.78 is 0. The van der Waals surface area contributed by atoms with Gasteiger partial charge in [-0.2, -0.15) is 0 Å². The molecular weight excluding hydrogens is 214 g/mol. The molecule has 0 bridgehead atoms. The van der Waals surface area contributed by atoms with Crippen LogP contribution in [0.25, 0.3) is 0 Å². The number of hydrogen-bond acceptors (Lipinski definition) is 4. The van der Waals surface area contributed by atoms with Crippen LogP contribution in [0.3, 0.4) is 0 Å². The third-order valence-electron chi connectivity index (χ3n) is 3.10. The van der Waals surface area contributed by atoms with Crippen molar-refractivity contribution in [1.29, 1.82) is 0 Å². The predicted octanol–water partition coefficient (Wildman–Crippen LogP) is 2.09. The third-order valence-corrected chi connectivity index (χ3v) is 3.10. The number of aliphatic hydroxyl groups is 1. The highest BCUT2D eigenvalue weighted by atomic mass is 16.3. The summed E-state index contributed by atoms with van der Waals surface area (Å²) in [5.74, 6) is 1.51. The summed E-state index contributed by atoms with van der Waals surface area (Å²) in [6.45, 7) is 6.75. The Hall–Kier alpha value is -1.16. The molecule has 0 aliphatic heterocycles. The molecule has 1 aromatic rings. The van der Waals surface area contributed by atoms with Crippen LogP contribution in [0.2, 0.25) is 0 Å². The lowest BCUT2D eigenvalue weighted by atomic mass is 10.1. The number of nitrogens with zero attached hydrogens (tertiary/aromatic N) is 2. The highest BCUT2D eigenvalue weighted by Crippen LogP contribution is 2.32. The molecule has 0 aromatic carbocycles. The topological polar surface area (TPSA) is 58.0 Å². The lowest BCUT2D eigenvalue weighted by Crippen LogP contribution is -2.22. The molecule has 1 unspecified atom stereocenters. The second-order valence-electron chi connectivity index (χ2n) is 5.20. The molecule has 1 aliphatic rings. The molecule has 1 saturated carbocycles. The van der Waals surface area contributed by atoms with Crippen molar-refractivity contribution < 1.29 is 5.11 Å². The number of anilines is 1. The van der Waals surface area contributed by atoms with Gasteiger partial charge >= 0.3 is 0 Å². The van der Waals surface area contributed by atoms with E-state index in [2.05, 4.69) is 29.1 Å². The fraction of sp³-hybridized carbons (Fsp3) is 0.692. The second kappa shape index (κ2) is 5.00. The predicted molar refractivity (Wildman–Crippen MR) is 68.1 cm³/mol. The zero-order valence-electron chi connectivity index (χ0n) is 10.8. The van der Waals surface area contributed by atoms with Crippen LogP contribution in [0.5, 0.6) is 0 Å². The van der Waals surface area contributed by atoms with Crippen LogP contribution >= 0.6 is 0 Å². The van der Waals surface area contributed by atoms with Gasteiger partial charge in [-0.3, -0.25) is 0 Å². The maximum atomic E-state index is 9.78. The fourth-order valence-electron chi connectivity index (χ4n) is 1.81. The van der Waals surface area contributed by atoms with E-state index in [1.54, 1.807) is 0 Å². The molecule has 1 aromatic heterocycles. The summed E-state index contributed by atoms with van der Waals surface area (Å²) >= 11 is 0. The molecule has 0 spiro atoms. The molecule has 2 N–H and O–H groups in total. The summed E-state index contributed by atoms with van der Waals surface area (Å²) in [7, 11) is 0. The first kappa shape index (κ1) is 12.3. The highest BCUT2D eigenvalue weighted by molar-refractivity contribution is 5.29. The second-order valence-corrected chi connectivity index (χ2v) is 5.20. The molecule has 17 heavy (non-hydrogen) atoms. The van der Waals surface area contributed by atoms with Gasteiger partial charge in [0.2, 0.25) is 5.95 Å². The minimum absolute atomic E-state index is 0.262. The number of aliphatic hydroxyl groups excluding tert-OH is 1. The Labute approximate surface area is 102 Å². The maximum absolute atomic E-state index is 9.78. The number of aromatic nitrogens is 2. The van der Waals surface area contributed by atoms with Crippen molar-refractivity contribution in [2.24, 2.45) is 5.92 Å². The van der Waals surface area contributed by atoms with E-state index in [1.807, 2.05) is 13.0 Å². The van der Waals surface area contributed by atoms with Gasteiger partial charge < -0.3 is 10.4 Å². The van der Waals surface area contributed by atoms with E-state index in [0.29, 0.717) is 24.3 Å². The van der Waals surface area contributed by atoms with E-state index in [1.165, 1.54) is 0 Å². The molecule has 0 amide bonds. The van der Waals surface area contributed by atoms with Crippen molar-refractivity contribution in [2.45, 2.75) is 45.6 Å². The Balaban J connectivity index is 1.99. The molecule has 1 fully saturated rings. The van der Waals surface area contributed by atoms with Gasteiger partial charge in [-0.05, 0) is 37.7 Å². The van der Waals surface area contributed by atoms with E-state index < -0.39 is 0 Å². The monoisotopic (exact) mass is 235 g/mol. The van der Waals surface area contributed by atoms with Gasteiger partial charge in [-0.1, -0.05) is 13.8 Å². The average molecular weight is 235 g/mol. The van der Waals surface area contributed by atoms with Crippen LogP contribution in [-0.2, 0) is 0 Å². The van der Waals surface area contributed by atoms with Crippen molar-refractivity contribution in [2.75, 3.05) is 11.9 Å². The smallest absolute Gasteiger partial charge is 0.223 e. The summed E-state index contributed by atoms with van der Waals surface area (Å²) in [6, 6.07) is 2.01. The Bertz CT molecular complexity index is 388. The number of rotatable bonds is 5. The molecule has 2 rings (SSSR count). The van der Waals surface area contributed by atoms with Crippen LogP contribution in [-0.4, -0.2) is 27.7 Å². The number of nitrogens with one attached hydrogen (secondary N) is 1. The van der Waals surface area contributed by atoms with Crippen molar-refractivity contribution >= 4 is 5.95 Å². The normalized spacial score (nSPS) is 17.2. The van der Waals surface area contributed by atoms with Gasteiger partial charge in [0.15, 0.2) is 0 Å². The lowest BCUT2D eigenvalue weighted by Gasteiger charge is -2.12. The van der Waals surface area contributed by atoms with E-state index in [-0.39, 0.29) is 6.10 Å². The van der Waals surface area contributed by atoms with Crippen LogP contribution < -0.4 is 5.32 Å². The van der Waals surface area contributed by atoms with Gasteiger partial charge in [-0.15, -0.1) is 0 Å². The quantitative estimate of drug-likeness (QED) is 0.820. The van der Waals surface area contributed by atoms with Gasteiger partial charge in [-0.25, -0.2) is 9.97 Å². The standard InChI is InChI=1S/C13H21N3O/c1-8(2)11-6-9(3)15-13(16-11)14-7-12(17)10-4-5-10/h6,8,10,12,17H,4-5,7H2,1-3H3,(H,14,15,16). The third kappa shape index (κ3) is 3.40. The van der Waals surface area contributed by atoms with Crippen LogP contribution in [0.4, 0.5) is 5.95 Å². The first-order chi connectivity index (χ1) is 8.06. The van der Waals surface area contributed by atoms with Crippen LogP contribution in [0.15, 0.2) is 6.07 Å². The Morgan fingerprint density at radius 2 is 2.12 bits per heavy atom. The first-order valence-electron chi connectivity index (χ1n) is 6.33. The molecule has 1 aliphatic carbocycles. The summed E-state index contributed by atoms with van der Waals surface area (Å²) in [6.07, 6.45) is 2.03. The zero-order chi connectivity index (χ0) is 12.4. The number of hydrogen-bond donors (Lipinski definition) is 2. The Morgan fingerprint density at radius 1 is 1.41 bits per heavy atom. The Morgan fingerprint density at radius 3 is 2.71 bits per heavy atom. The fourth-order valence-corrected chi connectivity index (χ4v) is 1.81. The molecule has 4 heteroatoms. The van der Waals surface area contributed by atoms with E-state index >= 15 is 0 Å². The van der Waals surface area contributed by atoms with E-state index in [4.69, 9.17) is 0 Å². The van der Waals surface area contributed by atoms with Gasteiger partial charge in [0, 0.05) is 17.9 Å².